The van der Waals surface area contributed by atoms with Crippen molar-refractivity contribution in [3.63, 3.8) is 0 Å². The molecular formula is C20H17ClN6OS. The number of nitrogens with one attached hydrogen (secondary N) is 2. The smallest absolute Gasteiger partial charge is 0.220 e. The van der Waals surface area contributed by atoms with Crippen molar-refractivity contribution in [1.29, 1.82) is 10.8 Å². The number of amidine groups is 1. The molecule has 1 atom stereocenters. The van der Waals surface area contributed by atoms with Crippen molar-refractivity contribution in [1.82, 2.24) is 9.97 Å². The average molecular weight is 425 g/mol. The lowest BCUT2D eigenvalue weighted by atomic mass is 9.89. The summed E-state index contributed by atoms with van der Waals surface area (Å²) >= 11 is 8.15. The van der Waals surface area contributed by atoms with Crippen LogP contribution in [0.3, 0.4) is 0 Å². The fraction of sp³-hybridized carbons (Fsp3) is 0.150. The van der Waals surface area contributed by atoms with Crippen LogP contribution in [-0.4, -0.2) is 28.1 Å². The van der Waals surface area contributed by atoms with Gasteiger partial charge in [-0.05, 0) is 30.7 Å². The van der Waals surface area contributed by atoms with Gasteiger partial charge in [0.2, 0.25) is 5.90 Å². The second-order valence-corrected chi connectivity index (χ2v) is 8.22. The number of hydrogen-bond donors (Lipinski definition) is 3. The van der Waals surface area contributed by atoms with E-state index in [1.807, 2.05) is 31.2 Å². The summed E-state index contributed by atoms with van der Waals surface area (Å²) in [7, 11) is 0. The Morgan fingerprint density at radius 3 is 3.00 bits per heavy atom. The van der Waals surface area contributed by atoms with Crippen LogP contribution in [0.1, 0.15) is 28.6 Å². The minimum atomic E-state index is -0.626. The quantitative estimate of drug-likeness (QED) is 0.433. The van der Waals surface area contributed by atoms with Gasteiger partial charge in [-0.3, -0.25) is 15.8 Å². The van der Waals surface area contributed by atoms with Gasteiger partial charge in [0, 0.05) is 23.1 Å². The minimum absolute atomic E-state index is 0.0855. The minimum Gasteiger partial charge on any atom is -0.428 e. The van der Waals surface area contributed by atoms with E-state index in [2.05, 4.69) is 9.97 Å². The van der Waals surface area contributed by atoms with E-state index < -0.39 is 5.54 Å². The van der Waals surface area contributed by atoms with Gasteiger partial charge in [-0.15, -0.1) is 11.3 Å². The topological polar surface area (TPSA) is 121 Å². The first kappa shape index (κ1) is 19.2. The number of nitrogens with zero attached hydrogens (tertiary/aromatic N) is 3. The number of nitrogens with two attached hydrogens (primary N) is 1. The summed E-state index contributed by atoms with van der Waals surface area (Å²) in [5, 5.41) is 15.5. The predicted octanol–water partition coefficient (Wildman–Crippen LogP) is 3.98. The number of aliphatic imine (C=N–C) groups is 1. The van der Waals surface area contributed by atoms with E-state index in [0.29, 0.717) is 22.8 Å². The van der Waals surface area contributed by atoms with Crippen molar-refractivity contribution < 1.29 is 4.74 Å². The van der Waals surface area contributed by atoms with E-state index in [9.17, 15) is 0 Å². The van der Waals surface area contributed by atoms with E-state index in [1.54, 1.807) is 12.3 Å². The Hall–Kier alpha value is -3.10. The Bertz CT molecular complexity index is 1160. The van der Waals surface area contributed by atoms with Crippen LogP contribution in [0.2, 0.25) is 5.02 Å². The summed E-state index contributed by atoms with van der Waals surface area (Å²) in [6, 6.07) is 9.27. The number of aromatic nitrogens is 2. The molecule has 0 unspecified atom stereocenters. The number of hydrogen-bond acceptors (Lipinski definition) is 8. The summed E-state index contributed by atoms with van der Waals surface area (Å²) in [5.41, 5.74) is 8.64. The fourth-order valence-electron chi connectivity index (χ4n) is 3.35. The van der Waals surface area contributed by atoms with Gasteiger partial charge in [-0.1, -0.05) is 23.7 Å². The zero-order chi connectivity index (χ0) is 20.6. The maximum absolute atomic E-state index is 7.88. The highest BCUT2D eigenvalue weighted by Crippen LogP contribution is 2.45. The second kappa shape index (κ2) is 7.38. The Morgan fingerprint density at radius 1 is 1.38 bits per heavy atom. The van der Waals surface area contributed by atoms with Gasteiger partial charge < -0.3 is 10.5 Å². The molecule has 1 aliphatic rings. The lowest BCUT2D eigenvalue weighted by Crippen LogP contribution is -2.33. The summed E-state index contributed by atoms with van der Waals surface area (Å²) in [5.74, 6) is 0.317. The highest BCUT2D eigenvalue weighted by atomic mass is 35.5. The normalized spacial score (nSPS) is 17.9. The van der Waals surface area contributed by atoms with E-state index in [1.165, 1.54) is 17.7 Å². The molecule has 0 radical (unpaired) electrons. The number of benzene rings is 1. The number of rotatable bonds is 4. The van der Waals surface area contributed by atoms with Gasteiger partial charge in [0.25, 0.3) is 0 Å². The van der Waals surface area contributed by atoms with Crippen LogP contribution < -0.4 is 5.73 Å². The second-order valence-electron chi connectivity index (χ2n) is 6.76. The molecule has 1 aromatic carbocycles. The highest BCUT2D eigenvalue weighted by Gasteiger charge is 2.36. The molecule has 4 rings (SSSR count). The van der Waals surface area contributed by atoms with Crippen LogP contribution in [0, 0.1) is 10.8 Å². The van der Waals surface area contributed by atoms with Crippen molar-refractivity contribution in [2.45, 2.75) is 18.9 Å². The molecule has 9 heteroatoms. The molecule has 0 bridgehead atoms. The van der Waals surface area contributed by atoms with E-state index in [0.717, 1.165) is 33.0 Å². The van der Waals surface area contributed by atoms with E-state index >= 15 is 0 Å². The van der Waals surface area contributed by atoms with Crippen molar-refractivity contribution in [2.24, 2.45) is 10.7 Å². The van der Waals surface area contributed by atoms with Gasteiger partial charge in [0.1, 0.15) is 17.7 Å². The van der Waals surface area contributed by atoms with Crippen LogP contribution in [0.4, 0.5) is 0 Å². The average Bonchev–Trinajstić information content (AvgIpc) is 3.11. The van der Waals surface area contributed by atoms with Crippen molar-refractivity contribution >= 4 is 41.1 Å². The first-order valence-electron chi connectivity index (χ1n) is 8.70. The molecule has 1 aliphatic heterocycles. The van der Waals surface area contributed by atoms with Crippen LogP contribution in [-0.2, 0) is 16.7 Å². The summed E-state index contributed by atoms with van der Waals surface area (Å²) in [4.78, 5) is 15.0. The molecule has 29 heavy (non-hydrogen) atoms. The molecule has 0 fully saturated rings. The third-order valence-corrected chi connectivity index (χ3v) is 6.56. The third-order valence-electron chi connectivity index (χ3n) is 4.71. The van der Waals surface area contributed by atoms with E-state index in [4.69, 9.17) is 37.9 Å². The van der Waals surface area contributed by atoms with Crippen LogP contribution >= 0.6 is 22.9 Å². The monoisotopic (exact) mass is 424 g/mol. The molecule has 4 N–H and O–H groups in total. The maximum atomic E-state index is 7.88. The SMILES string of the molecule is C[C@@]1(c2sc(-c3cccc(C(=N)OC=N)c3)cc2Cl)Cc2ncncc2C(N)=N1. The maximum Gasteiger partial charge on any atom is 0.220 e. The molecule has 0 spiro atoms. The van der Waals surface area contributed by atoms with E-state index in [-0.39, 0.29) is 5.90 Å². The Morgan fingerprint density at radius 2 is 2.21 bits per heavy atom. The van der Waals surface area contributed by atoms with Gasteiger partial charge >= 0.3 is 0 Å². The molecule has 0 aliphatic carbocycles. The zero-order valence-corrected chi connectivity index (χ0v) is 17.0. The Kier molecular flexibility index (Phi) is 4.89. The highest BCUT2D eigenvalue weighted by molar-refractivity contribution is 7.16. The number of fused-ring (bicyclic) bond motifs is 1. The lowest BCUT2D eigenvalue weighted by molar-refractivity contribution is 0.490. The summed E-state index contributed by atoms with van der Waals surface area (Å²) in [6.07, 6.45) is 4.50. The molecule has 0 amide bonds. The first-order valence-corrected chi connectivity index (χ1v) is 9.90. The predicted molar refractivity (Wildman–Crippen MR) is 115 cm³/mol. The largest absolute Gasteiger partial charge is 0.428 e. The molecule has 0 saturated carbocycles. The first-order chi connectivity index (χ1) is 13.9. The summed E-state index contributed by atoms with van der Waals surface area (Å²) < 4.78 is 4.86. The van der Waals surface area contributed by atoms with Crippen molar-refractivity contribution in [3.8, 4) is 10.4 Å². The van der Waals surface area contributed by atoms with Gasteiger partial charge in [-0.25, -0.2) is 9.97 Å². The molecule has 0 saturated heterocycles. The molecule has 3 aromatic rings. The van der Waals surface area contributed by atoms with Gasteiger partial charge in [0.05, 0.1) is 21.2 Å². The molecule has 7 nitrogen and oxygen atoms in total. The van der Waals surface area contributed by atoms with Crippen LogP contribution in [0.25, 0.3) is 10.4 Å². The molecule has 2 aromatic heterocycles. The standard InChI is InChI=1S/C20H17ClN6OS/c1-20(7-15-13(18(23)27-20)8-25-10-26-15)17-14(21)6-16(29-17)11-3-2-4-12(5-11)19(24)28-9-22/h2-6,8-10,22,24H,7H2,1H3,(H2,23,27)/t20-/m0/s1. The lowest BCUT2D eigenvalue weighted by Gasteiger charge is -2.29. The van der Waals surface area contributed by atoms with Crippen LogP contribution in [0.5, 0.6) is 0 Å². The number of ether oxygens (including phenoxy) is 1. The molecule has 146 valence electrons. The fourth-order valence-corrected chi connectivity index (χ4v) is 4.98. The Balaban J connectivity index is 1.73. The Labute approximate surface area is 176 Å². The van der Waals surface area contributed by atoms with Crippen LogP contribution in [0.15, 0.2) is 47.8 Å². The number of thiophene rings is 1. The third kappa shape index (κ3) is 3.52. The van der Waals surface area contributed by atoms with Crippen molar-refractivity contribution in [2.75, 3.05) is 0 Å². The molecule has 3 heterocycles. The molecular weight excluding hydrogens is 408 g/mol. The zero-order valence-electron chi connectivity index (χ0n) is 15.4. The van der Waals surface area contributed by atoms with Gasteiger partial charge in [-0.2, -0.15) is 0 Å². The number of halogens is 1. The van der Waals surface area contributed by atoms with Gasteiger partial charge in [0.15, 0.2) is 6.40 Å². The van der Waals surface area contributed by atoms with Crippen molar-refractivity contribution in [3.05, 3.63) is 69.6 Å². The summed E-state index contributed by atoms with van der Waals surface area (Å²) in [6.45, 7) is 2.00.